The Bertz CT molecular complexity index is 1030. The summed E-state index contributed by atoms with van der Waals surface area (Å²) in [6.07, 6.45) is 0. The van der Waals surface area contributed by atoms with Crippen LogP contribution in [0.3, 0.4) is 0 Å². The number of para-hydroxylation sites is 1. The van der Waals surface area contributed by atoms with Gasteiger partial charge in [0.05, 0.1) is 10.1 Å². The molecule has 0 unspecified atom stereocenters. The zero-order chi connectivity index (χ0) is 17.4. The summed E-state index contributed by atoms with van der Waals surface area (Å²) in [6.45, 7) is 3.27. The second kappa shape index (κ2) is 5.98. The van der Waals surface area contributed by atoms with Crippen LogP contribution in [0, 0.1) is 24.0 Å². The Morgan fingerprint density at radius 3 is 2.62 bits per heavy atom. The number of aryl methyl sites for hydroxylation is 1. The van der Waals surface area contributed by atoms with Crippen molar-refractivity contribution in [1.82, 2.24) is 4.73 Å². The number of hydrogen-bond acceptors (Lipinski definition) is 3. The molecule has 0 atom stereocenters. The first-order chi connectivity index (χ1) is 11.4. The topological polar surface area (TPSA) is 80.1 Å². The molecule has 7 heteroatoms. The highest BCUT2D eigenvalue weighted by atomic mass is 35.5. The Morgan fingerprint density at radius 1 is 1.21 bits per heavy atom. The van der Waals surface area contributed by atoms with Crippen LogP contribution in [0.25, 0.3) is 11.0 Å². The number of rotatable bonds is 2. The van der Waals surface area contributed by atoms with E-state index in [0.29, 0.717) is 19.9 Å². The third-order valence-electron chi connectivity index (χ3n) is 3.83. The molecule has 0 aliphatic rings. The first-order valence-electron chi connectivity index (χ1n) is 7.22. The van der Waals surface area contributed by atoms with Crippen molar-refractivity contribution < 1.29 is 9.22 Å². The number of fused-ring (bicyclic) bond motifs is 1. The molecule has 3 aromatic rings. The summed E-state index contributed by atoms with van der Waals surface area (Å²) >= 11 is 5.90. The highest BCUT2D eigenvalue weighted by Gasteiger charge is 2.27. The van der Waals surface area contributed by atoms with E-state index in [1.165, 1.54) is 25.1 Å². The van der Waals surface area contributed by atoms with Gasteiger partial charge in [-0.25, -0.2) is 0 Å². The van der Waals surface area contributed by atoms with E-state index in [9.17, 15) is 14.9 Å². The molecule has 1 N–H and O–H groups in total. The van der Waals surface area contributed by atoms with E-state index >= 15 is 0 Å². The summed E-state index contributed by atoms with van der Waals surface area (Å²) in [5.41, 5.74) is 1.37. The predicted molar refractivity (Wildman–Crippen MR) is 92.9 cm³/mol. The Labute approximate surface area is 142 Å². The molecule has 1 amide bonds. The highest BCUT2D eigenvalue weighted by Crippen LogP contribution is 2.20. The largest absolute Gasteiger partial charge is 0.805 e. The van der Waals surface area contributed by atoms with E-state index in [0.717, 1.165) is 5.56 Å². The van der Waals surface area contributed by atoms with Crippen molar-refractivity contribution in [3.05, 3.63) is 74.6 Å². The van der Waals surface area contributed by atoms with Crippen molar-refractivity contribution >= 4 is 34.2 Å². The van der Waals surface area contributed by atoms with E-state index in [2.05, 4.69) is 5.32 Å². The molecule has 0 spiro atoms. The third-order valence-corrected chi connectivity index (χ3v) is 4.07. The van der Waals surface area contributed by atoms with Gasteiger partial charge in [0.15, 0.2) is 0 Å². The number of hydrogen-bond donors (Lipinski definition) is 1. The summed E-state index contributed by atoms with van der Waals surface area (Å²) in [4.78, 5) is 25.2. The summed E-state index contributed by atoms with van der Waals surface area (Å²) in [5.74, 6) is -0.650. The average molecular weight is 344 g/mol. The quantitative estimate of drug-likeness (QED) is 0.724. The molecule has 0 bridgehead atoms. The molecule has 2 aromatic carbocycles. The standard InChI is InChI=1S/C17H14ClN3O3/c1-10-5-3-4-6-13(10)19-17(22)16-11(2)20(23)14-8-7-12(18)9-15(14)21(16)24/h3-9H,1-2H3,(H,19,22). The van der Waals surface area contributed by atoms with Gasteiger partial charge in [-0.1, -0.05) is 29.8 Å². The minimum absolute atomic E-state index is 0.0194. The molecule has 0 radical (unpaired) electrons. The minimum atomic E-state index is -0.650. The van der Waals surface area contributed by atoms with Crippen LogP contribution < -0.4 is 9.74 Å². The highest BCUT2D eigenvalue weighted by molar-refractivity contribution is 6.31. The number of carbonyl (C=O) groups excluding carboxylic acids is 1. The maximum Gasteiger partial charge on any atom is 0.346 e. The lowest BCUT2D eigenvalue weighted by atomic mass is 10.2. The SMILES string of the molecule is Cc1ccccc1NC(=O)c1c(C)n([O-])c2ccc(Cl)cc2[n+]1=O. The van der Waals surface area contributed by atoms with E-state index in [4.69, 9.17) is 11.6 Å². The van der Waals surface area contributed by atoms with Crippen LogP contribution in [0.15, 0.2) is 42.5 Å². The number of aromatic nitrogens is 2. The van der Waals surface area contributed by atoms with Gasteiger partial charge in [0.25, 0.3) is 5.52 Å². The molecule has 122 valence electrons. The number of nitrogens with zero attached hydrogens (tertiary/aromatic N) is 2. The number of benzene rings is 2. The second-order valence-electron chi connectivity index (χ2n) is 5.42. The maximum atomic E-state index is 12.6. The molecule has 0 saturated carbocycles. The molecule has 0 aliphatic carbocycles. The average Bonchev–Trinajstić information content (AvgIpc) is 2.55. The predicted octanol–water partition coefficient (Wildman–Crippen LogP) is 3.42. The third kappa shape index (κ3) is 2.61. The van der Waals surface area contributed by atoms with Crippen LogP contribution in [0.2, 0.25) is 5.02 Å². The zero-order valence-corrected chi connectivity index (χ0v) is 13.8. The first kappa shape index (κ1) is 16.0. The lowest BCUT2D eigenvalue weighted by molar-refractivity contribution is -0.468. The molecule has 1 heterocycles. The van der Waals surface area contributed by atoms with Gasteiger partial charge in [-0.05, 0) is 37.6 Å². The van der Waals surface area contributed by atoms with Crippen molar-refractivity contribution in [2.75, 3.05) is 5.32 Å². The lowest BCUT2D eigenvalue weighted by Crippen LogP contribution is -2.33. The Morgan fingerprint density at radius 2 is 1.92 bits per heavy atom. The van der Waals surface area contributed by atoms with E-state index in [1.54, 1.807) is 12.1 Å². The van der Waals surface area contributed by atoms with Gasteiger partial charge in [0.2, 0.25) is 0 Å². The van der Waals surface area contributed by atoms with Crippen LogP contribution in [0.5, 0.6) is 0 Å². The van der Waals surface area contributed by atoms with Gasteiger partial charge in [0.1, 0.15) is 5.52 Å². The van der Waals surface area contributed by atoms with Crippen molar-refractivity contribution in [3.8, 4) is 0 Å². The Kier molecular flexibility index (Phi) is 3.99. The Hall–Kier alpha value is -2.86. The monoisotopic (exact) mass is 343 g/mol. The minimum Gasteiger partial charge on any atom is -0.805 e. The number of amides is 1. The molecule has 0 saturated heterocycles. The number of halogens is 1. The summed E-state index contributed by atoms with van der Waals surface area (Å²) in [5, 5.41) is 15.4. The molecule has 6 nitrogen and oxygen atoms in total. The molecule has 1 aromatic heterocycles. The zero-order valence-electron chi connectivity index (χ0n) is 13.0. The molecule has 0 aliphatic heterocycles. The van der Waals surface area contributed by atoms with Crippen molar-refractivity contribution in [2.45, 2.75) is 13.8 Å². The number of nitrogens with one attached hydrogen (secondary N) is 1. The number of anilines is 1. The smallest absolute Gasteiger partial charge is 0.346 e. The van der Waals surface area contributed by atoms with Gasteiger partial charge in [-0.3, -0.25) is 4.79 Å². The van der Waals surface area contributed by atoms with E-state index in [-0.39, 0.29) is 22.4 Å². The van der Waals surface area contributed by atoms with Crippen LogP contribution in [0.1, 0.15) is 21.7 Å². The summed E-state index contributed by atoms with van der Waals surface area (Å²) in [6, 6.07) is 11.5. The molecule has 3 rings (SSSR count). The van der Waals surface area contributed by atoms with Crippen LogP contribution in [-0.4, -0.2) is 10.6 Å². The lowest BCUT2D eigenvalue weighted by Gasteiger charge is -2.16. The van der Waals surface area contributed by atoms with Crippen LogP contribution in [-0.2, 0) is 0 Å². The fourth-order valence-corrected chi connectivity index (χ4v) is 2.69. The summed E-state index contributed by atoms with van der Waals surface area (Å²) < 4.78 is 1.01. The molecular weight excluding hydrogens is 330 g/mol. The fourth-order valence-electron chi connectivity index (χ4n) is 2.53. The van der Waals surface area contributed by atoms with E-state index < -0.39 is 5.91 Å². The number of carbonyl (C=O) groups is 1. The van der Waals surface area contributed by atoms with Crippen LogP contribution >= 0.6 is 11.6 Å². The van der Waals surface area contributed by atoms with E-state index in [1.807, 2.05) is 19.1 Å². The molecule has 0 fully saturated rings. The second-order valence-corrected chi connectivity index (χ2v) is 5.86. The maximum absolute atomic E-state index is 12.6. The Balaban J connectivity index is 2.17. The van der Waals surface area contributed by atoms with Gasteiger partial charge >= 0.3 is 11.6 Å². The summed E-state index contributed by atoms with van der Waals surface area (Å²) in [7, 11) is 0. The van der Waals surface area contributed by atoms with Crippen molar-refractivity contribution in [2.24, 2.45) is 0 Å². The van der Waals surface area contributed by atoms with Crippen molar-refractivity contribution in [1.29, 1.82) is 0 Å². The van der Waals surface area contributed by atoms with Gasteiger partial charge in [-0.15, -0.1) is 0 Å². The van der Waals surface area contributed by atoms with Crippen molar-refractivity contribution in [3.63, 3.8) is 0 Å². The van der Waals surface area contributed by atoms with Gasteiger partial charge < -0.3 is 15.3 Å². The normalized spacial score (nSPS) is 10.8. The fraction of sp³-hybridized carbons (Fsp3) is 0.118. The first-order valence-corrected chi connectivity index (χ1v) is 7.60. The van der Waals surface area contributed by atoms with Gasteiger partial charge in [0, 0.05) is 21.7 Å². The molecular formula is C17H14ClN3O3. The van der Waals surface area contributed by atoms with Gasteiger partial charge in [-0.2, -0.15) is 0 Å². The molecule has 24 heavy (non-hydrogen) atoms. The van der Waals surface area contributed by atoms with Crippen LogP contribution in [0.4, 0.5) is 5.69 Å².